The molecule has 0 atom stereocenters. The number of hydrogen-bond acceptors (Lipinski definition) is 4. The SMILES string of the molecule is CCc1nncn1-c1cccc(OCCN)c1. The molecule has 0 aliphatic carbocycles. The Bertz CT molecular complexity index is 481. The zero-order valence-corrected chi connectivity index (χ0v) is 9.84. The van der Waals surface area contributed by atoms with Gasteiger partial charge in [0.1, 0.15) is 24.5 Å². The number of rotatable bonds is 5. The summed E-state index contributed by atoms with van der Waals surface area (Å²) >= 11 is 0. The van der Waals surface area contributed by atoms with E-state index in [1.165, 1.54) is 0 Å². The lowest BCUT2D eigenvalue weighted by Gasteiger charge is -2.08. The third kappa shape index (κ3) is 2.62. The zero-order chi connectivity index (χ0) is 12.1. The van der Waals surface area contributed by atoms with Crippen LogP contribution in [0.3, 0.4) is 0 Å². The molecule has 0 spiro atoms. The van der Waals surface area contributed by atoms with Gasteiger partial charge < -0.3 is 10.5 Å². The molecule has 0 aliphatic heterocycles. The average molecular weight is 232 g/mol. The van der Waals surface area contributed by atoms with E-state index in [2.05, 4.69) is 17.1 Å². The first kappa shape index (κ1) is 11.6. The van der Waals surface area contributed by atoms with Crippen LogP contribution in [0, 0.1) is 0 Å². The summed E-state index contributed by atoms with van der Waals surface area (Å²) in [4.78, 5) is 0. The summed E-state index contributed by atoms with van der Waals surface area (Å²) in [5.41, 5.74) is 6.41. The third-order valence-electron chi connectivity index (χ3n) is 2.42. The van der Waals surface area contributed by atoms with Gasteiger partial charge in [0.15, 0.2) is 0 Å². The maximum absolute atomic E-state index is 5.49. The smallest absolute Gasteiger partial charge is 0.137 e. The van der Waals surface area contributed by atoms with Gasteiger partial charge in [-0.2, -0.15) is 0 Å². The number of hydrogen-bond donors (Lipinski definition) is 1. The van der Waals surface area contributed by atoms with Crippen LogP contribution >= 0.6 is 0 Å². The molecule has 0 amide bonds. The quantitative estimate of drug-likeness (QED) is 0.840. The van der Waals surface area contributed by atoms with E-state index in [0.717, 1.165) is 23.7 Å². The number of ether oxygens (including phenoxy) is 1. The first-order valence-electron chi connectivity index (χ1n) is 5.67. The number of aromatic nitrogens is 3. The van der Waals surface area contributed by atoms with Crippen molar-refractivity contribution in [1.82, 2.24) is 14.8 Å². The molecule has 17 heavy (non-hydrogen) atoms. The molecule has 2 aromatic rings. The minimum atomic E-state index is 0.511. The van der Waals surface area contributed by atoms with Crippen LogP contribution in [0.2, 0.25) is 0 Å². The van der Waals surface area contributed by atoms with E-state index in [9.17, 15) is 0 Å². The maximum atomic E-state index is 5.49. The molecule has 1 aromatic heterocycles. The van der Waals surface area contributed by atoms with E-state index in [-0.39, 0.29) is 0 Å². The minimum Gasteiger partial charge on any atom is -0.492 e. The van der Waals surface area contributed by atoms with E-state index in [1.54, 1.807) is 6.33 Å². The number of nitrogens with zero attached hydrogens (tertiary/aromatic N) is 3. The van der Waals surface area contributed by atoms with E-state index >= 15 is 0 Å². The summed E-state index contributed by atoms with van der Waals surface area (Å²) in [6.45, 7) is 3.08. The lowest BCUT2D eigenvalue weighted by molar-refractivity contribution is 0.328. The fraction of sp³-hybridized carbons (Fsp3) is 0.333. The molecular weight excluding hydrogens is 216 g/mol. The van der Waals surface area contributed by atoms with Crippen LogP contribution in [-0.2, 0) is 6.42 Å². The molecule has 1 aromatic carbocycles. The van der Waals surface area contributed by atoms with Gasteiger partial charge in [0, 0.05) is 19.0 Å². The van der Waals surface area contributed by atoms with Crippen LogP contribution < -0.4 is 10.5 Å². The Kier molecular flexibility index (Phi) is 3.72. The van der Waals surface area contributed by atoms with Crippen molar-refractivity contribution in [1.29, 1.82) is 0 Å². The number of benzene rings is 1. The van der Waals surface area contributed by atoms with Gasteiger partial charge in [0.25, 0.3) is 0 Å². The molecule has 0 saturated heterocycles. The highest BCUT2D eigenvalue weighted by atomic mass is 16.5. The van der Waals surface area contributed by atoms with Crippen molar-refractivity contribution < 1.29 is 4.74 Å². The monoisotopic (exact) mass is 232 g/mol. The lowest BCUT2D eigenvalue weighted by Crippen LogP contribution is -2.10. The number of nitrogens with two attached hydrogens (primary N) is 1. The second-order valence-corrected chi connectivity index (χ2v) is 3.61. The maximum Gasteiger partial charge on any atom is 0.137 e. The largest absolute Gasteiger partial charge is 0.492 e. The Labute approximate surface area is 100 Å². The summed E-state index contributed by atoms with van der Waals surface area (Å²) in [5, 5.41) is 7.97. The molecule has 2 N–H and O–H groups in total. The summed E-state index contributed by atoms with van der Waals surface area (Å²) < 4.78 is 7.44. The minimum absolute atomic E-state index is 0.511. The molecule has 0 radical (unpaired) electrons. The van der Waals surface area contributed by atoms with Crippen LogP contribution in [0.5, 0.6) is 5.75 Å². The molecule has 0 unspecified atom stereocenters. The predicted octanol–water partition coefficient (Wildman–Crippen LogP) is 1.17. The van der Waals surface area contributed by atoms with Crippen LogP contribution in [0.4, 0.5) is 0 Å². The van der Waals surface area contributed by atoms with Crippen LogP contribution in [0.15, 0.2) is 30.6 Å². The second-order valence-electron chi connectivity index (χ2n) is 3.61. The normalized spacial score (nSPS) is 10.5. The molecular formula is C12H16N4O. The molecule has 5 nitrogen and oxygen atoms in total. The summed E-state index contributed by atoms with van der Waals surface area (Å²) in [5.74, 6) is 1.74. The van der Waals surface area contributed by atoms with E-state index in [0.29, 0.717) is 13.2 Å². The van der Waals surface area contributed by atoms with E-state index in [4.69, 9.17) is 10.5 Å². The zero-order valence-electron chi connectivity index (χ0n) is 9.84. The van der Waals surface area contributed by atoms with Gasteiger partial charge >= 0.3 is 0 Å². The van der Waals surface area contributed by atoms with Gasteiger partial charge in [-0.1, -0.05) is 13.0 Å². The van der Waals surface area contributed by atoms with Gasteiger partial charge in [0.05, 0.1) is 5.69 Å². The van der Waals surface area contributed by atoms with Crippen LogP contribution in [0.1, 0.15) is 12.7 Å². The Hall–Kier alpha value is -1.88. The topological polar surface area (TPSA) is 66.0 Å². The number of aryl methyl sites for hydroxylation is 1. The summed E-state index contributed by atoms with van der Waals surface area (Å²) in [6.07, 6.45) is 2.55. The fourth-order valence-electron chi connectivity index (χ4n) is 1.62. The van der Waals surface area contributed by atoms with Crippen molar-refractivity contribution in [2.75, 3.05) is 13.2 Å². The van der Waals surface area contributed by atoms with Crippen LogP contribution in [-0.4, -0.2) is 27.9 Å². The lowest BCUT2D eigenvalue weighted by atomic mass is 10.3. The van der Waals surface area contributed by atoms with Crippen LogP contribution in [0.25, 0.3) is 5.69 Å². The molecule has 0 saturated carbocycles. The van der Waals surface area contributed by atoms with E-state index < -0.39 is 0 Å². The molecule has 5 heteroatoms. The highest BCUT2D eigenvalue weighted by molar-refractivity contribution is 5.39. The first-order chi connectivity index (χ1) is 8.35. The van der Waals surface area contributed by atoms with Crippen molar-refractivity contribution >= 4 is 0 Å². The van der Waals surface area contributed by atoms with Gasteiger partial charge in [-0.05, 0) is 12.1 Å². The second kappa shape index (κ2) is 5.45. The van der Waals surface area contributed by atoms with Gasteiger partial charge in [-0.25, -0.2) is 0 Å². The summed E-state index contributed by atoms with van der Waals surface area (Å²) in [7, 11) is 0. The van der Waals surface area contributed by atoms with Crippen molar-refractivity contribution in [2.45, 2.75) is 13.3 Å². The van der Waals surface area contributed by atoms with Gasteiger partial charge in [0.2, 0.25) is 0 Å². The standard InChI is InChI=1S/C12H16N4O/c1-2-12-15-14-9-16(12)10-4-3-5-11(8-10)17-7-6-13/h3-5,8-9H,2,6-7,13H2,1H3. The highest BCUT2D eigenvalue weighted by Crippen LogP contribution is 2.17. The third-order valence-corrected chi connectivity index (χ3v) is 2.42. The Morgan fingerprint density at radius 2 is 2.29 bits per heavy atom. The Balaban J connectivity index is 2.26. The van der Waals surface area contributed by atoms with E-state index in [1.807, 2.05) is 28.8 Å². The molecule has 0 fully saturated rings. The molecule has 2 rings (SSSR count). The summed E-state index contributed by atoms with van der Waals surface area (Å²) in [6, 6.07) is 7.81. The molecule has 0 aliphatic rings. The fourth-order valence-corrected chi connectivity index (χ4v) is 1.62. The van der Waals surface area contributed by atoms with Gasteiger partial charge in [-0.3, -0.25) is 4.57 Å². The van der Waals surface area contributed by atoms with Crippen molar-refractivity contribution in [3.8, 4) is 11.4 Å². The Morgan fingerprint density at radius 3 is 3.06 bits per heavy atom. The first-order valence-corrected chi connectivity index (χ1v) is 5.67. The Morgan fingerprint density at radius 1 is 1.41 bits per heavy atom. The van der Waals surface area contributed by atoms with Gasteiger partial charge in [-0.15, -0.1) is 10.2 Å². The van der Waals surface area contributed by atoms with Crippen molar-refractivity contribution in [2.24, 2.45) is 5.73 Å². The average Bonchev–Trinajstić information content (AvgIpc) is 2.85. The predicted molar refractivity (Wildman–Crippen MR) is 65.3 cm³/mol. The molecule has 90 valence electrons. The molecule has 1 heterocycles. The highest BCUT2D eigenvalue weighted by Gasteiger charge is 2.04. The van der Waals surface area contributed by atoms with Crippen molar-refractivity contribution in [3.05, 3.63) is 36.4 Å². The van der Waals surface area contributed by atoms with Crippen molar-refractivity contribution in [3.63, 3.8) is 0 Å². The molecule has 0 bridgehead atoms.